The molecule has 1 aromatic heterocycles. The van der Waals surface area contributed by atoms with Crippen LogP contribution >= 0.6 is 0 Å². The van der Waals surface area contributed by atoms with E-state index in [1.165, 1.54) is 6.92 Å². The average molecular weight is 242 g/mol. The molecule has 1 aromatic carbocycles. The third kappa shape index (κ3) is 1.98. The van der Waals surface area contributed by atoms with Gasteiger partial charge in [-0.25, -0.2) is 4.68 Å². The van der Waals surface area contributed by atoms with Gasteiger partial charge in [0.1, 0.15) is 0 Å². The first-order valence-electron chi connectivity index (χ1n) is 4.82. The first-order chi connectivity index (χ1) is 7.91. The van der Waals surface area contributed by atoms with Crippen molar-refractivity contribution in [3.05, 3.63) is 41.7 Å². The van der Waals surface area contributed by atoms with Crippen molar-refractivity contribution in [2.45, 2.75) is 13.1 Å². The molecule has 1 N–H and O–H groups in total. The van der Waals surface area contributed by atoms with Crippen LogP contribution in [0.1, 0.15) is 11.4 Å². The van der Waals surface area contributed by atoms with Crippen LogP contribution in [0.3, 0.4) is 0 Å². The van der Waals surface area contributed by atoms with E-state index in [9.17, 15) is 18.3 Å². The van der Waals surface area contributed by atoms with Gasteiger partial charge >= 0.3 is 6.18 Å². The summed E-state index contributed by atoms with van der Waals surface area (Å²) in [6, 6.07) is 8.33. The van der Waals surface area contributed by atoms with Gasteiger partial charge in [0.2, 0.25) is 5.69 Å². The Morgan fingerprint density at radius 2 is 1.76 bits per heavy atom. The fraction of sp³-hybridized carbons (Fsp3) is 0.182. The molecule has 0 radical (unpaired) electrons. The van der Waals surface area contributed by atoms with Gasteiger partial charge in [-0.1, -0.05) is 18.2 Å². The monoisotopic (exact) mass is 242 g/mol. The Hall–Kier alpha value is -1.98. The summed E-state index contributed by atoms with van der Waals surface area (Å²) >= 11 is 0. The zero-order chi connectivity index (χ0) is 12.6. The third-order valence-electron chi connectivity index (χ3n) is 2.35. The van der Waals surface area contributed by atoms with E-state index in [-0.39, 0.29) is 5.69 Å². The fourth-order valence-electron chi connectivity index (χ4n) is 1.51. The van der Waals surface area contributed by atoms with Crippen LogP contribution in [0.5, 0.6) is 5.75 Å². The van der Waals surface area contributed by atoms with E-state index in [2.05, 4.69) is 5.10 Å². The number of halogens is 3. The van der Waals surface area contributed by atoms with Crippen LogP contribution in [0, 0.1) is 6.92 Å². The molecule has 0 atom stereocenters. The summed E-state index contributed by atoms with van der Waals surface area (Å²) in [6.45, 7) is 1.38. The molecular formula is C11H9F3N2O. The molecule has 6 heteroatoms. The van der Waals surface area contributed by atoms with Crippen molar-refractivity contribution in [2.24, 2.45) is 0 Å². The van der Waals surface area contributed by atoms with Crippen LogP contribution in [0.25, 0.3) is 5.69 Å². The Morgan fingerprint density at radius 3 is 2.24 bits per heavy atom. The highest BCUT2D eigenvalue weighted by molar-refractivity contribution is 5.40. The van der Waals surface area contributed by atoms with E-state index in [1.54, 1.807) is 30.3 Å². The van der Waals surface area contributed by atoms with E-state index >= 15 is 0 Å². The van der Waals surface area contributed by atoms with Crippen molar-refractivity contribution in [1.29, 1.82) is 0 Å². The van der Waals surface area contributed by atoms with E-state index < -0.39 is 17.6 Å². The fourth-order valence-corrected chi connectivity index (χ4v) is 1.51. The number of aromatic hydroxyl groups is 1. The summed E-state index contributed by atoms with van der Waals surface area (Å²) < 4.78 is 38.6. The van der Waals surface area contributed by atoms with Gasteiger partial charge in [0.05, 0.1) is 11.4 Å². The summed E-state index contributed by atoms with van der Waals surface area (Å²) in [5.41, 5.74) is -0.738. The second-order valence-corrected chi connectivity index (χ2v) is 3.53. The molecule has 17 heavy (non-hydrogen) atoms. The lowest BCUT2D eigenvalue weighted by Gasteiger charge is -2.03. The number of para-hydroxylation sites is 1. The first kappa shape index (κ1) is 11.5. The van der Waals surface area contributed by atoms with Crippen molar-refractivity contribution in [3.8, 4) is 11.4 Å². The lowest BCUT2D eigenvalue weighted by molar-refractivity contribution is -0.142. The highest BCUT2D eigenvalue weighted by atomic mass is 19.4. The summed E-state index contributed by atoms with van der Waals surface area (Å²) in [5.74, 6) is -0.832. The van der Waals surface area contributed by atoms with Crippen LogP contribution in [0.4, 0.5) is 13.2 Å². The Bertz CT molecular complexity index is 532. The minimum atomic E-state index is -4.66. The van der Waals surface area contributed by atoms with Crippen LogP contribution < -0.4 is 0 Å². The van der Waals surface area contributed by atoms with Crippen LogP contribution in [0.15, 0.2) is 30.3 Å². The molecule has 0 saturated heterocycles. The lowest BCUT2D eigenvalue weighted by atomic mass is 10.3. The van der Waals surface area contributed by atoms with Crippen LogP contribution in [0.2, 0.25) is 0 Å². The van der Waals surface area contributed by atoms with Crippen molar-refractivity contribution < 1.29 is 18.3 Å². The highest BCUT2D eigenvalue weighted by Gasteiger charge is 2.39. The van der Waals surface area contributed by atoms with Crippen LogP contribution in [-0.4, -0.2) is 14.9 Å². The number of aromatic nitrogens is 2. The molecule has 2 aromatic rings. The molecule has 0 amide bonds. The van der Waals surface area contributed by atoms with Gasteiger partial charge < -0.3 is 5.11 Å². The molecule has 2 rings (SSSR count). The van der Waals surface area contributed by atoms with E-state index in [4.69, 9.17) is 0 Å². The minimum Gasteiger partial charge on any atom is -0.504 e. The number of hydrogen-bond donors (Lipinski definition) is 1. The topological polar surface area (TPSA) is 38.1 Å². The van der Waals surface area contributed by atoms with Crippen LogP contribution in [-0.2, 0) is 6.18 Å². The summed E-state index contributed by atoms with van der Waals surface area (Å²) in [4.78, 5) is 0. The Kier molecular flexibility index (Phi) is 2.57. The third-order valence-corrected chi connectivity index (χ3v) is 2.35. The van der Waals surface area contributed by atoms with Gasteiger partial charge in [-0.3, -0.25) is 0 Å². The van der Waals surface area contributed by atoms with Gasteiger partial charge in [0, 0.05) is 0 Å². The highest BCUT2D eigenvalue weighted by Crippen LogP contribution is 2.37. The number of hydrogen-bond acceptors (Lipinski definition) is 2. The summed E-state index contributed by atoms with van der Waals surface area (Å²) in [7, 11) is 0. The van der Waals surface area contributed by atoms with Gasteiger partial charge in [0.25, 0.3) is 0 Å². The van der Waals surface area contributed by atoms with Crippen molar-refractivity contribution in [1.82, 2.24) is 9.78 Å². The van der Waals surface area contributed by atoms with Crippen molar-refractivity contribution in [2.75, 3.05) is 0 Å². The molecule has 0 saturated carbocycles. The summed E-state index contributed by atoms with van der Waals surface area (Å²) in [6.07, 6.45) is -4.66. The Morgan fingerprint density at radius 1 is 1.18 bits per heavy atom. The van der Waals surface area contributed by atoms with E-state index in [1.807, 2.05) is 0 Å². The predicted octanol–water partition coefficient (Wildman–Crippen LogP) is 2.91. The second-order valence-electron chi connectivity index (χ2n) is 3.53. The number of rotatable bonds is 1. The van der Waals surface area contributed by atoms with Crippen molar-refractivity contribution >= 4 is 0 Å². The van der Waals surface area contributed by atoms with Crippen molar-refractivity contribution in [3.63, 3.8) is 0 Å². The van der Waals surface area contributed by atoms with Gasteiger partial charge in [0.15, 0.2) is 5.75 Å². The zero-order valence-electron chi connectivity index (χ0n) is 8.86. The molecule has 0 aliphatic rings. The van der Waals surface area contributed by atoms with Gasteiger partial charge in [-0.05, 0) is 19.1 Å². The SMILES string of the molecule is Cc1c(O)c(C(F)(F)F)nn1-c1ccccc1. The molecule has 3 nitrogen and oxygen atoms in total. The second kappa shape index (κ2) is 3.80. The molecular weight excluding hydrogens is 233 g/mol. The molecule has 1 heterocycles. The number of alkyl halides is 3. The first-order valence-corrected chi connectivity index (χ1v) is 4.82. The van der Waals surface area contributed by atoms with Gasteiger partial charge in [-0.2, -0.15) is 18.3 Å². The van der Waals surface area contributed by atoms with E-state index in [0.717, 1.165) is 4.68 Å². The zero-order valence-corrected chi connectivity index (χ0v) is 8.86. The minimum absolute atomic E-state index is 0.0588. The Balaban J connectivity index is 2.59. The summed E-state index contributed by atoms with van der Waals surface area (Å²) in [5, 5.41) is 12.8. The van der Waals surface area contributed by atoms with Gasteiger partial charge in [-0.15, -0.1) is 0 Å². The lowest BCUT2D eigenvalue weighted by Crippen LogP contribution is -2.07. The maximum atomic E-state index is 12.5. The molecule has 0 bridgehead atoms. The normalized spacial score (nSPS) is 11.8. The molecule has 0 aliphatic carbocycles. The number of benzene rings is 1. The maximum absolute atomic E-state index is 12.5. The number of nitrogens with zero attached hydrogens (tertiary/aromatic N) is 2. The molecule has 0 spiro atoms. The largest absolute Gasteiger partial charge is 0.504 e. The predicted molar refractivity (Wildman–Crippen MR) is 55.0 cm³/mol. The molecule has 0 aliphatic heterocycles. The maximum Gasteiger partial charge on any atom is 0.438 e. The molecule has 90 valence electrons. The smallest absolute Gasteiger partial charge is 0.438 e. The molecule has 0 fully saturated rings. The Labute approximate surface area is 95.1 Å². The van der Waals surface area contributed by atoms with E-state index in [0.29, 0.717) is 5.69 Å². The standard InChI is InChI=1S/C11H9F3N2O/c1-7-9(17)10(11(12,13)14)15-16(7)8-5-3-2-4-6-8/h2-6,17H,1H3. The quantitative estimate of drug-likeness (QED) is 0.834. The average Bonchev–Trinajstić information content (AvgIpc) is 2.57. The molecule has 0 unspecified atom stereocenters.